The molecule has 30 heteroatoms. The maximum atomic E-state index is 13.0. The highest BCUT2D eigenvalue weighted by Gasteiger charge is 2.41. The maximum Gasteiger partial charge on any atom is 0.412 e. The molecule has 0 saturated heterocycles. The third-order valence-corrected chi connectivity index (χ3v) is 10.5. The van der Waals surface area contributed by atoms with Gasteiger partial charge in [-0.3, -0.25) is 4.74 Å². The van der Waals surface area contributed by atoms with E-state index in [0.29, 0.717) is 13.7 Å². The second-order valence-electron chi connectivity index (χ2n) is 8.18. The van der Waals surface area contributed by atoms with Gasteiger partial charge < -0.3 is 27.1 Å². The Morgan fingerprint density at radius 3 is 0.891 bits per heavy atom. The van der Waals surface area contributed by atoms with E-state index in [9.17, 15) is 79.0 Å². The fourth-order valence-corrected chi connectivity index (χ4v) is 8.57. The third-order valence-electron chi connectivity index (χ3n) is 3.92. The van der Waals surface area contributed by atoms with Gasteiger partial charge in [-0.2, -0.15) is 79.0 Å². The number of hydrogen-bond donors (Lipinski definition) is 0. The lowest BCUT2D eigenvalue weighted by Gasteiger charge is -2.29. The Bertz CT molecular complexity index is 1050. The van der Waals surface area contributed by atoms with E-state index in [-0.39, 0.29) is 0 Å². The van der Waals surface area contributed by atoms with E-state index in [2.05, 4.69) is 41.4 Å². The summed E-state index contributed by atoms with van der Waals surface area (Å²) in [6.07, 6.45) is -36.1. The Hall–Kier alpha value is -0.810. The van der Waals surface area contributed by atoms with Gasteiger partial charge in [0.2, 0.25) is 22.5 Å². The van der Waals surface area contributed by atoms with E-state index < -0.39 is 112 Å². The van der Waals surface area contributed by atoms with Crippen molar-refractivity contribution in [3.63, 3.8) is 0 Å². The quantitative estimate of drug-likeness (QED) is 0.114. The molecule has 0 bridgehead atoms. The van der Waals surface area contributed by atoms with Gasteiger partial charge in [0.25, 0.3) is 0 Å². The Morgan fingerprint density at radius 2 is 0.630 bits per heavy atom. The molecule has 0 aromatic rings. The average molecular weight is 787 g/mol. The molecular weight excluding hydrogens is 765 g/mol. The summed E-state index contributed by atoms with van der Waals surface area (Å²) in [5.41, 5.74) is 0. The molecule has 0 aromatic carbocycles. The third kappa shape index (κ3) is 22.7. The van der Waals surface area contributed by atoms with Crippen molar-refractivity contribution in [2.24, 2.45) is 14.2 Å². The van der Waals surface area contributed by atoms with Crippen molar-refractivity contribution in [1.29, 1.82) is 0 Å². The second kappa shape index (κ2) is 16.7. The number of alkyl halides is 18. The van der Waals surface area contributed by atoms with Crippen LogP contribution in [-0.4, -0.2) is 103 Å². The lowest BCUT2D eigenvalue weighted by Crippen LogP contribution is -2.22. The summed E-state index contributed by atoms with van der Waals surface area (Å²) < 4.78 is 266. The van der Waals surface area contributed by atoms with Crippen LogP contribution < -0.4 is 0 Å². The molecule has 0 aliphatic rings. The highest BCUT2D eigenvalue weighted by Crippen LogP contribution is 2.62. The van der Waals surface area contributed by atoms with Gasteiger partial charge >= 0.3 is 37.1 Å². The maximum absolute atomic E-state index is 13.0. The molecule has 46 heavy (non-hydrogen) atoms. The minimum Gasteiger partial charge on any atom is -0.314 e. The van der Waals surface area contributed by atoms with Crippen molar-refractivity contribution >= 4 is 22.5 Å². The fourth-order valence-electron chi connectivity index (χ4n) is 2.12. The van der Waals surface area contributed by atoms with Crippen LogP contribution in [0.5, 0.6) is 0 Å². The van der Waals surface area contributed by atoms with Crippen LogP contribution >= 0.6 is 22.5 Å². The molecule has 0 unspecified atom stereocenters. The molecule has 0 fully saturated rings. The highest BCUT2D eigenvalue weighted by atomic mass is 31.2. The monoisotopic (exact) mass is 787 g/mol. The van der Waals surface area contributed by atoms with E-state index in [1.807, 2.05) is 0 Å². The van der Waals surface area contributed by atoms with Gasteiger partial charge in [-0.05, 0) is 0 Å². The minimum atomic E-state index is -5.58. The summed E-state index contributed by atoms with van der Waals surface area (Å²) in [7, 11) is -15.2. The van der Waals surface area contributed by atoms with Crippen LogP contribution in [0.4, 0.5) is 79.0 Å². The van der Waals surface area contributed by atoms with Gasteiger partial charge in [-0.25, -0.2) is 9.49 Å². The van der Waals surface area contributed by atoms with Crippen LogP contribution in [0.1, 0.15) is 0 Å². The van der Waals surface area contributed by atoms with Crippen molar-refractivity contribution in [3.05, 3.63) is 0 Å². The first-order chi connectivity index (χ1) is 20.2. The van der Waals surface area contributed by atoms with Crippen molar-refractivity contribution in [2.45, 2.75) is 37.1 Å². The predicted molar refractivity (Wildman–Crippen MR) is 122 cm³/mol. The second-order valence-corrected chi connectivity index (χ2v) is 15.4. The van der Waals surface area contributed by atoms with Gasteiger partial charge in [0.1, 0.15) is 12.6 Å². The summed E-state index contributed by atoms with van der Waals surface area (Å²) in [6.45, 7) is -14.7. The predicted octanol–water partition coefficient (Wildman–Crippen LogP) is 9.73. The van der Waals surface area contributed by atoms with E-state index in [4.69, 9.17) is 0 Å². The number of rotatable bonds is 16. The molecule has 0 amide bonds. The zero-order chi connectivity index (χ0) is 36.5. The molecule has 0 saturated carbocycles. The molecule has 0 aromatic heterocycles. The van der Waals surface area contributed by atoms with Gasteiger partial charge in [-0.15, -0.1) is 0 Å². The number of hydrogen-bond acceptors (Lipinski definition) is 9. The Kier molecular flexibility index (Phi) is 16.4. The average Bonchev–Trinajstić information content (AvgIpc) is 2.84. The first kappa shape index (κ1) is 45.2. The summed E-state index contributed by atoms with van der Waals surface area (Å²) in [5.74, 6) is 0. The molecule has 0 atom stereocenters. The smallest absolute Gasteiger partial charge is 0.314 e. The highest BCUT2D eigenvalue weighted by molar-refractivity contribution is 7.60. The van der Waals surface area contributed by atoms with Crippen molar-refractivity contribution < 1.29 is 106 Å². The molecule has 9 nitrogen and oxygen atoms in total. The van der Waals surface area contributed by atoms with Crippen molar-refractivity contribution in [1.82, 2.24) is 0 Å². The zero-order valence-electron chi connectivity index (χ0n) is 22.6. The lowest BCUT2D eigenvalue weighted by atomic mass is 10.7. The van der Waals surface area contributed by atoms with Gasteiger partial charge in [0.05, 0.1) is 0 Å². The van der Waals surface area contributed by atoms with Gasteiger partial charge in [0.15, 0.2) is 39.6 Å². The molecule has 0 spiro atoms. The van der Waals surface area contributed by atoms with Gasteiger partial charge in [0, 0.05) is 13.7 Å². The Labute approximate surface area is 246 Å². The normalized spacial score (nSPS) is 14.9. The fraction of sp³-hybridized carbons (Fsp3) is 1.00. The zero-order valence-corrected chi connectivity index (χ0v) is 25.3. The van der Waals surface area contributed by atoms with E-state index in [1.165, 1.54) is 0 Å². The van der Waals surface area contributed by atoms with Crippen LogP contribution in [0.15, 0.2) is 14.2 Å². The van der Waals surface area contributed by atoms with E-state index >= 15 is 0 Å². The molecule has 0 N–H and O–H groups in total. The summed E-state index contributed by atoms with van der Waals surface area (Å²) >= 11 is 0. The van der Waals surface area contributed by atoms with Crippen LogP contribution in [-0.2, 0) is 27.1 Å². The lowest BCUT2D eigenvalue weighted by molar-refractivity contribution is -0.165. The van der Waals surface area contributed by atoms with Crippen molar-refractivity contribution in [3.8, 4) is 0 Å². The molecule has 0 aliphatic carbocycles. The first-order valence-electron chi connectivity index (χ1n) is 11.1. The standard InChI is InChI=1S/C16H22F18N3O6P3/c1-35-45(40-5-13(23,24)25,41-6-14(26,27)28)10-37-46(42-7-15(29,30)31,43-8-16(32,33)34)9-36-44(2,38-3-11(17,18)19)39-4-12(20,21)22/h3-10H2,1-2H3. The molecule has 0 aliphatic heterocycles. The summed E-state index contributed by atoms with van der Waals surface area (Å²) in [5, 5.41) is 0. The number of halogens is 18. The van der Waals surface area contributed by atoms with Crippen LogP contribution in [0.2, 0.25) is 0 Å². The molecule has 0 heterocycles. The van der Waals surface area contributed by atoms with E-state index in [1.54, 1.807) is 0 Å². The Balaban J connectivity index is 7.33. The SMILES string of the molecule is CN=P(CN=P(CN=P(C)(OCC(F)(F)F)OCC(F)(F)F)(OCC(F)(F)F)OCC(F)(F)F)(OCC(F)(F)F)OCC(F)(F)F. The van der Waals surface area contributed by atoms with Crippen LogP contribution in [0.3, 0.4) is 0 Å². The van der Waals surface area contributed by atoms with E-state index in [0.717, 1.165) is 0 Å². The van der Waals surface area contributed by atoms with Gasteiger partial charge in [-0.1, -0.05) is 0 Å². The van der Waals surface area contributed by atoms with Crippen LogP contribution in [0, 0.1) is 0 Å². The summed E-state index contributed by atoms with van der Waals surface area (Å²) in [6, 6.07) is 0. The molecular formula is C16H22F18N3O6P3. The first-order valence-corrected chi connectivity index (χ1v) is 16.7. The van der Waals surface area contributed by atoms with Crippen LogP contribution in [0.25, 0.3) is 0 Å². The largest absolute Gasteiger partial charge is 0.412 e. The minimum absolute atomic E-state index is 0.296. The molecule has 0 rings (SSSR count). The topological polar surface area (TPSA) is 92.5 Å². The Morgan fingerprint density at radius 1 is 0.391 bits per heavy atom. The molecule has 278 valence electrons. The number of nitrogens with zero attached hydrogens (tertiary/aromatic N) is 3. The molecule has 0 radical (unpaired) electrons. The summed E-state index contributed by atoms with van der Waals surface area (Å²) in [4.78, 5) is 0. The van der Waals surface area contributed by atoms with Crippen molar-refractivity contribution in [2.75, 3.05) is 65.9 Å².